The molecule has 0 aromatic heterocycles. The van der Waals surface area contributed by atoms with Crippen LogP contribution in [0.2, 0.25) is 0 Å². The largest absolute Gasteiger partial charge is 0.466 e. The number of hydrogen-bond donors (Lipinski definition) is 0. The Morgan fingerprint density at radius 1 is 1.29 bits per heavy atom. The van der Waals surface area contributed by atoms with E-state index in [0.29, 0.717) is 12.2 Å². The van der Waals surface area contributed by atoms with Crippen LogP contribution in [0.3, 0.4) is 0 Å². The zero-order chi connectivity index (χ0) is 12.8. The monoisotopic (exact) mass is 298 g/mol. The molecule has 0 aliphatic rings. The minimum absolute atomic E-state index is 0.0561. The summed E-state index contributed by atoms with van der Waals surface area (Å²) in [7, 11) is 0. The molecule has 17 heavy (non-hydrogen) atoms. The van der Waals surface area contributed by atoms with Crippen molar-refractivity contribution < 1.29 is 14.3 Å². The number of hydrogen-bond acceptors (Lipinski definition) is 3. The van der Waals surface area contributed by atoms with E-state index >= 15 is 0 Å². The van der Waals surface area contributed by atoms with Crippen molar-refractivity contribution in [3.8, 4) is 0 Å². The molecule has 0 saturated heterocycles. The first-order chi connectivity index (χ1) is 8.04. The average molecular weight is 299 g/mol. The SMILES string of the molecule is CCOC(=O)C[C@H](Br)C(=O)c1ccc(C)cc1. The number of aryl methyl sites for hydroxylation is 1. The van der Waals surface area contributed by atoms with Crippen molar-refractivity contribution in [2.24, 2.45) is 0 Å². The van der Waals surface area contributed by atoms with E-state index in [4.69, 9.17) is 4.74 Å². The first-order valence-electron chi connectivity index (χ1n) is 5.45. The molecule has 3 nitrogen and oxygen atoms in total. The summed E-state index contributed by atoms with van der Waals surface area (Å²) >= 11 is 3.22. The number of Topliss-reactive ketones (excluding diaryl/α,β-unsaturated/α-hetero) is 1. The molecule has 0 radical (unpaired) electrons. The van der Waals surface area contributed by atoms with Gasteiger partial charge in [0.25, 0.3) is 0 Å². The highest BCUT2D eigenvalue weighted by atomic mass is 79.9. The lowest BCUT2D eigenvalue weighted by Crippen LogP contribution is -2.19. The molecule has 4 heteroatoms. The van der Waals surface area contributed by atoms with Gasteiger partial charge in [0.1, 0.15) is 0 Å². The molecule has 0 saturated carbocycles. The Hall–Kier alpha value is -1.16. The van der Waals surface area contributed by atoms with E-state index in [2.05, 4.69) is 15.9 Å². The van der Waals surface area contributed by atoms with Gasteiger partial charge in [0.15, 0.2) is 5.78 Å². The number of rotatable bonds is 5. The Bertz CT molecular complexity index is 398. The maximum Gasteiger partial charge on any atom is 0.307 e. The van der Waals surface area contributed by atoms with Gasteiger partial charge in [-0.15, -0.1) is 0 Å². The summed E-state index contributed by atoms with van der Waals surface area (Å²) in [6.07, 6.45) is 0.0561. The molecule has 1 atom stereocenters. The third-order valence-electron chi connectivity index (χ3n) is 2.27. The molecular formula is C13H15BrO3. The minimum atomic E-state index is -0.524. The highest BCUT2D eigenvalue weighted by Crippen LogP contribution is 2.15. The van der Waals surface area contributed by atoms with Gasteiger partial charge in [-0.25, -0.2) is 0 Å². The standard InChI is InChI=1S/C13H15BrO3/c1-3-17-12(15)8-11(14)13(16)10-6-4-9(2)5-7-10/h4-7,11H,3,8H2,1-2H3/t11-/m0/s1. The number of esters is 1. The maximum atomic E-state index is 11.9. The van der Waals surface area contributed by atoms with Gasteiger partial charge in [0.2, 0.25) is 0 Å². The molecule has 0 spiro atoms. The average Bonchev–Trinajstić information content (AvgIpc) is 2.29. The van der Waals surface area contributed by atoms with Crippen LogP contribution in [-0.2, 0) is 9.53 Å². The van der Waals surface area contributed by atoms with Crippen molar-refractivity contribution in [2.75, 3.05) is 6.61 Å². The van der Waals surface area contributed by atoms with Crippen LogP contribution in [0.15, 0.2) is 24.3 Å². The van der Waals surface area contributed by atoms with Crippen molar-refractivity contribution in [1.82, 2.24) is 0 Å². The van der Waals surface area contributed by atoms with Crippen LogP contribution in [-0.4, -0.2) is 23.2 Å². The lowest BCUT2D eigenvalue weighted by atomic mass is 10.1. The molecule has 0 N–H and O–H groups in total. The van der Waals surface area contributed by atoms with Gasteiger partial charge in [0.05, 0.1) is 17.9 Å². The van der Waals surface area contributed by atoms with Gasteiger partial charge in [-0.3, -0.25) is 9.59 Å². The first-order valence-corrected chi connectivity index (χ1v) is 6.36. The third kappa shape index (κ3) is 4.30. The van der Waals surface area contributed by atoms with E-state index in [1.165, 1.54) is 0 Å². The number of halogens is 1. The van der Waals surface area contributed by atoms with E-state index < -0.39 is 4.83 Å². The fourth-order valence-electron chi connectivity index (χ4n) is 1.36. The number of ketones is 1. The van der Waals surface area contributed by atoms with E-state index in [0.717, 1.165) is 5.56 Å². The summed E-state index contributed by atoms with van der Waals surface area (Å²) in [5, 5.41) is 0. The van der Waals surface area contributed by atoms with Crippen molar-refractivity contribution in [3.63, 3.8) is 0 Å². The predicted molar refractivity (Wildman–Crippen MR) is 69.5 cm³/mol. The summed E-state index contributed by atoms with van der Waals surface area (Å²) in [6, 6.07) is 7.27. The molecule has 1 rings (SSSR count). The zero-order valence-electron chi connectivity index (χ0n) is 9.90. The molecule has 1 aromatic carbocycles. The normalized spacial score (nSPS) is 11.9. The molecule has 0 aliphatic carbocycles. The quantitative estimate of drug-likeness (QED) is 0.477. The maximum absolute atomic E-state index is 11.9. The summed E-state index contributed by atoms with van der Waals surface area (Å²) in [5.41, 5.74) is 1.69. The van der Waals surface area contributed by atoms with Gasteiger partial charge < -0.3 is 4.74 Å². The lowest BCUT2D eigenvalue weighted by molar-refractivity contribution is -0.142. The summed E-state index contributed by atoms with van der Waals surface area (Å²) in [4.78, 5) is 22.7. The molecule has 92 valence electrons. The Labute approximate surface area is 109 Å². The number of ether oxygens (including phenoxy) is 1. The topological polar surface area (TPSA) is 43.4 Å². The Balaban J connectivity index is 2.63. The van der Waals surface area contributed by atoms with Gasteiger partial charge in [-0.2, -0.15) is 0 Å². The highest BCUT2D eigenvalue weighted by Gasteiger charge is 2.20. The second-order valence-corrected chi connectivity index (χ2v) is 4.81. The van der Waals surface area contributed by atoms with Crippen molar-refractivity contribution in [1.29, 1.82) is 0 Å². The molecule has 1 aromatic rings. The molecular weight excluding hydrogens is 284 g/mol. The molecule has 0 fully saturated rings. The molecule has 0 heterocycles. The fourth-order valence-corrected chi connectivity index (χ4v) is 1.89. The highest BCUT2D eigenvalue weighted by molar-refractivity contribution is 9.10. The van der Waals surface area contributed by atoms with Crippen LogP contribution in [0.4, 0.5) is 0 Å². The van der Waals surface area contributed by atoms with Crippen LogP contribution < -0.4 is 0 Å². The van der Waals surface area contributed by atoms with E-state index in [9.17, 15) is 9.59 Å². The van der Waals surface area contributed by atoms with Gasteiger partial charge in [0, 0.05) is 5.56 Å². The van der Waals surface area contributed by atoms with Crippen LogP contribution in [0.1, 0.15) is 29.3 Å². The van der Waals surface area contributed by atoms with Crippen LogP contribution >= 0.6 is 15.9 Å². The number of alkyl halides is 1. The Morgan fingerprint density at radius 3 is 2.41 bits per heavy atom. The van der Waals surface area contributed by atoms with E-state index in [1.54, 1.807) is 19.1 Å². The summed E-state index contributed by atoms with van der Waals surface area (Å²) in [5.74, 6) is -0.465. The molecule has 0 unspecified atom stereocenters. The smallest absolute Gasteiger partial charge is 0.307 e. The zero-order valence-corrected chi connectivity index (χ0v) is 11.5. The van der Waals surface area contributed by atoms with Gasteiger partial charge in [-0.1, -0.05) is 45.8 Å². The Kier molecular flexibility index (Phi) is 5.35. The minimum Gasteiger partial charge on any atom is -0.466 e. The van der Waals surface area contributed by atoms with E-state index in [1.807, 2.05) is 19.1 Å². The number of carbonyl (C=O) groups is 2. The van der Waals surface area contributed by atoms with E-state index in [-0.39, 0.29) is 18.2 Å². The molecule has 0 bridgehead atoms. The van der Waals surface area contributed by atoms with Crippen LogP contribution in [0.5, 0.6) is 0 Å². The van der Waals surface area contributed by atoms with Crippen molar-refractivity contribution in [2.45, 2.75) is 25.1 Å². The molecule has 0 amide bonds. The van der Waals surface area contributed by atoms with Gasteiger partial charge >= 0.3 is 5.97 Å². The molecule has 0 aliphatic heterocycles. The lowest BCUT2D eigenvalue weighted by Gasteiger charge is -2.08. The summed E-state index contributed by atoms with van der Waals surface area (Å²) < 4.78 is 4.80. The predicted octanol–water partition coefficient (Wildman–Crippen LogP) is 2.89. The van der Waals surface area contributed by atoms with Gasteiger partial charge in [-0.05, 0) is 13.8 Å². The first kappa shape index (κ1) is 13.9. The van der Waals surface area contributed by atoms with Crippen molar-refractivity contribution in [3.05, 3.63) is 35.4 Å². The second-order valence-electron chi connectivity index (χ2n) is 3.71. The van der Waals surface area contributed by atoms with Crippen LogP contribution in [0, 0.1) is 6.92 Å². The number of carbonyl (C=O) groups excluding carboxylic acids is 2. The number of benzene rings is 1. The van der Waals surface area contributed by atoms with Crippen molar-refractivity contribution >= 4 is 27.7 Å². The second kappa shape index (κ2) is 6.55. The Morgan fingerprint density at radius 2 is 1.88 bits per heavy atom. The fraction of sp³-hybridized carbons (Fsp3) is 0.385. The van der Waals surface area contributed by atoms with Crippen LogP contribution in [0.25, 0.3) is 0 Å². The third-order valence-corrected chi connectivity index (χ3v) is 3.01. The summed E-state index contributed by atoms with van der Waals surface area (Å²) in [6.45, 7) is 4.03.